The second-order valence-electron chi connectivity index (χ2n) is 9.94. The van der Waals surface area contributed by atoms with E-state index in [2.05, 4.69) is 63.6 Å². The van der Waals surface area contributed by atoms with Gasteiger partial charge in [-0.3, -0.25) is 9.36 Å². The number of hydrogen-bond donors (Lipinski definition) is 1. The Bertz CT molecular complexity index is 1350. The van der Waals surface area contributed by atoms with E-state index in [1.807, 2.05) is 16.8 Å². The zero-order valence-electron chi connectivity index (χ0n) is 20.3. The van der Waals surface area contributed by atoms with Gasteiger partial charge in [-0.05, 0) is 75.1 Å². The maximum atomic E-state index is 13.0. The van der Waals surface area contributed by atoms with Crippen LogP contribution in [0, 0.1) is 0 Å². The molecule has 7 nitrogen and oxygen atoms in total. The first kappa shape index (κ1) is 22.0. The number of nitrogens with one attached hydrogen (secondary N) is 1. The normalized spacial score (nSPS) is 20.8. The highest BCUT2D eigenvalue weighted by atomic mass is 16.1. The van der Waals surface area contributed by atoms with E-state index in [1.54, 1.807) is 6.07 Å². The Balaban J connectivity index is 1.25. The second kappa shape index (κ2) is 9.30. The largest absolute Gasteiger partial charge is 0.369 e. The van der Waals surface area contributed by atoms with Crippen molar-refractivity contribution < 1.29 is 0 Å². The van der Waals surface area contributed by atoms with E-state index in [-0.39, 0.29) is 11.6 Å². The van der Waals surface area contributed by atoms with E-state index in [9.17, 15) is 4.79 Å². The lowest BCUT2D eigenvalue weighted by Crippen LogP contribution is -2.44. The first-order valence-corrected chi connectivity index (χ1v) is 12.7. The van der Waals surface area contributed by atoms with Gasteiger partial charge in [0.1, 0.15) is 5.65 Å². The van der Waals surface area contributed by atoms with Gasteiger partial charge in [0.05, 0.1) is 0 Å². The van der Waals surface area contributed by atoms with E-state index in [0.717, 1.165) is 69.4 Å². The zero-order valence-corrected chi connectivity index (χ0v) is 20.3. The number of anilines is 3. The molecule has 0 saturated carbocycles. The van der Waals surface area contributed by atoms with E-state index in [0.29, 0.717) is 11.6 Å². The molecule has 7 heteroatoms. The first-order chi connectivity index (χ1) is 17.1. The van der Waals surface area contributed by atoms with Gasteiger partial charge in [0.15, 0.2) is 0 Å². The van der Waals surface area contributed by atoms with Crippen LogP contribution in [0.15, 0.2) is 70.7 Å². The highest BCUT2D eigenvalue weighted by molar-refractivity contribution is 5.76. The summed E-state index contributed by atoms with van der Waals surface area (Å²) in [5, 5.41) is 4.24. The summed E-state index contributed by atoms with van der Waals surface area (Å²) in [5.41, 5.74) is 5.87. The van der Waals surface area contributed by atoms with Crippen LogP contribution in [0.2, 0.25) is 0 Å². The molecule has 0 spiro atoms. The Morgan fingerprint density at radius 1 is 1.00 bits per heavy atom. The minimum Gasteiger partial charge on any atom is -0.369 e. The molecule has 2 aliphatic carbocycles. The van der Waals surface area contributed by atoms with Crippen LogP contribution in [0.1, 0.15) is 38.1 Å². The van der Waals surface area contributed by atoms with Crippen molar-refractivity contribution in [3.05, 3.63) is 76.2 Å². The maximum Gasteiger partial charge on any atom is 0.252 e. The molecular weight excluding hydrogens is 436 g/mol. The standard InChI is InChI=1S/C28H32N6O/c1-32-14-16-33(17-15-32)24-11-8-23(9-12-24)30-28-29-19-22-7-13-26(35)34(27(22)31-28)25-10-6-20-4-2-3-5-21(20)18-25/h2,4,7-9,11-13,19,25H,3,5-6,10,14-18H2,1H3,(H,29,30,31). The average molecular weight is 469 g/mol. The van der Waals surface area contributed by atoms with Gasteiger partial charge in [-0.1, -0.05) is 17.7 Å². The highest BCUT2D eigenvalue weighted by Gasteiger charge is 2.24. The Hall–Kier alpha value is -3.45. The van der Waals surface area contributed by atoms with E-state index in [4.69, 9.17) is 4.98 Å². The van der Waals surface area contributed by atoms with Crippen LogP contribution < -0.4 is 15.8 Å². The van der Waals surface area contributed by atoms with Gasteiger partial charge >= 0.3 is 0 Å². The van der Waals surface area contributed by atoms with E-state index >= 15 is 0 Å². The number of allylic oxidation sites excluding steroid dienone is 4. The van der Waals surface area contributed by atoms with Crippen molar-refractivity contribution in [2.45, 2.75) is 38.1 Å². The van der Waals surface area contributed by atoms with Crippen molar-refractivity contribution in [2.24, 2.45) is 0 Å². The summed E-state index contributed by atoms with van der Waals surface area (Å²) in [6.45, 7) is 4.26. The lowest BCUT2D eigenvalue weighted by atomic mass is 9.83. The number of nitrogens with zero attached hydrogens (tertiary/aromatic N) is 5. The fraction of sp³-hybridized carbons (Fsp3) is 0.393. The number of likely N-dealkylation sites (N-methyl/N-ethyl adjacent to an activating group) is 1. The van der Waals surface area contributed by atoms with Crippen molar-refractivity contribution in [3.8, 4) is 0 Å². The predicted octanol–water partition coefficient (Wildman–Crippen LogP) is 4.66. The van der Waals surface area contributed by atoms with E-state index < -0.39 is 0 Å². The maximum absolute atomic E-state index is 13.0. The molecule has 0 radical (unpaired) electrons. The Morgan fingerprint density at radius 3 is 2.66 bits per heavy atom. The smallest absolute Gasteiger partial charge is 0.252 e. The summed E-state index contributed by atoms with van der Waals surface area (Å²) < 4.78 is 1.90. The molecule has 6 rings (SSSR count). The van der Waals surface area contributed by atoms with Crippen LogP contribution in [0.25, 0.3) is 11.0 Å². The lowest BCUT2D eigenvalue weighted by Gasteiger charge is -2.34. The molecule has 1 saturated heterocycles. The van der Waals surface area contributed by atoms with Gasteiger partial charge in [-0.2, -0.15) is 4.98 Å². The molecule has 1 atom stereocenters. The predicted molar refractivity (Wildman–Crippen MR) is 142 cm³/mol. The van der Waals surface area contributed by atoms with Gasteiger partial charge in [0, 0.05) is 61.2 Å². The topological polar surface area (TPSA) is 66.3 Å². The van der Waals surface area contributed by atoms with Gasteiger partial charge in [-0.25, -0.2) is 4.98 Å². The average Bonchev–Trinajstić information content (AvgIpc) is 2.89. The minimum absolute atomic E-state index is 0.0130. The summed E-state index contributed by atoms with van der Waals surface area (Å²) in [5.74, 6) is 0.514. The zero-order chi connectivity index (χ0) is 23.8. The summed E-state index contributed by atoms with van der Waals surface area (Å²) >= 11 is 0. The molecule has 0 amide bonds. The van der Waals surface area contributed by atoms with Crippen LogP contribution in [-0.2, 0) is 0 Å². The summed E-state index contributed by atoms with van der Waals surface area (Å²) in [6, 6.07) is 12.1. The molecule has 3 aromatic rings. The number of hydrogen-bond acceptors (Lipinski definition) is 6. The van der Waals surface area contributed by atoms with Crippen LogP contribution in [-0.4, -0.2) is 52.7 Å². The molecule has 3 aliphatic rings. The molecule has 1 aromatic carbocycles. The summed E-state index contributed by atoms with van der Waals surface area (Å²) in [6.07, 6.45) is 11.5. The molecule has 1 aliphatic heterocycles. The molecule has 0 bridgehead atoms. The monoisotopic (exact) mass is 468 g/mol. The number of rotatable bonds is 4. The number of fused-ring (bicyclic) bond motifs is 1. The SMILES string of the molecule is CN1CCN(c2ccc(Nc3ncc4ccc(=O)n(C5CCC6=C(CCC=C6)C5)c4n3)cc2)CC1. The molecule has 1 fully saturated rings. The fourth-order valence-corrected chi connectivity index (χ4v) is 5.58. The molecule has 180 valence electrons. The molecule has 35 heavy (non-hydrogen) atoms. The van der Waals surface area contributed by atoms with Crippen LogP contribution in [0.5, 0.6) is 0 Å². The highest BCUT2D eigenvalue weighted by Crippen LogP contribution is 2.38. The number of pyridine rings is 1. The molecule has 1 N–H and O–H groups in total. The first-order valence-electron chi connectivity index (χ1n) is 12.7. The molecule has 1 unspecified atom stereocenters. The third-order valence-corrected chi connectivity index (χ3v) is 7.64. The van der Waals surface area contributed by atoms with Gasteiger partial charge in [0.25, 0.3) is 5.56 Å². The molecule has 2 aromatic heterocycles. The van der Waals surface area contributed by atoms with Crippen LogP contribution in [0.4, 0.5) is 17.3 Å². The Morgan fingerprint density at radius 2 is 1.83 bits per heavy atom. The van der Waals surface area contributed by atoms with Crippen molar-refractivity contribution in [2.75, 3.05) is 43.4 Å². The lowest BCUT2D eigenvalue weighted by molar-refractivity contribution is 0.313. The third-order valence-electron chi connectivity index (χ3n) is 7.64. The Kier molecular flexibility index (Phi) is 5.86. The number of piperazine rings is 1. The van der Waals surface area contributed by atoms with E-state index in [1.165, 1.54) is 16.8 Å². The van der Waals surface area contributed by atoms with Crippen LogP contribution >= 0.6 is 0 Å². The van der Waals surface area contributed by atoms with Gasteiger partial charge in [-0.15, -0.1) is 0 Å². The minimum atomic E-state index is 0.0130. The fourth-order valence-electron chi connectivity index (χ4n) is 5.58. The van der Waals surface area contributed by atoms with Gasteiger partial charge in [0.2, 0.25) is 5.95 Å². The van der Waals surface area contributed by atoms with Gasteiger partial charge < -0.3 is 15.1 Å². The third kappa shape index (κ3) is 4.48. The van der Waals surface area contributed by atoms with Crippen molar-refractivity contribution >= 4 is 28.4 Å². The van der Waals surface area contributed by atoms with Crippen LogP contribution in [0.3, 0.4) is 0 Å². The Labute approximate surface area is 205 Å². The number of aromatic nitrogens is 3. The molecule has 3 heterocycles. The number of benzene rings is 1. The molecular formula is C28H32N6O. The quantitative estimate of drug-likeness (QED) is 0.601. The summed E-state index contributed by atoms with van der Waals surface area (Å²) in [7, 11) is 2.17. The summed E-state index contributed by atoms with van der Waals surface area (Å²) in [4.78, 5) is 27.2. The van der Waals surface area contributed by atoms with Crippen molar-refractivity contribution in [1.82, 2.24) is 19.4 Å². The second-order valence-corrected chi connectivity index (χ2v) is 9.94. The van der Waals surface area contributed by atoms with Crippen molar-refractivity contribution in [1.29, 1.82) is 0 Å². The van der Waals surface area contributed by atoms with Crippen molar-refractivity contribution in [3.63, 3.8) is 0 Å².